The summed E-state index contributed by atoms with van der Waals surface area (Å²) in [7, 11) is 0. The minimum absolute atomic E-state index is 0.0898. The molecular weight excluding hydrogens is 391 g/mol. The zero-order valence-corrected chi connectivity index (χ0v) is 16.2. The van der Waals surface area contributed by atoms with Gasteiger partial charge in [-0.05, 0) is 71.4 Å². The van der Waals surface area contributed by atoms with Gasteiger partial charge in [-0.15, -0.1) is 0 Å². The van der Waals surface area contributed by atoms with Crippen LogP contribution in [0.25, 0.3) is 10.8 Å². The first-order valence-electron chi connectivity index (χ1n) is 8.66. The fraction of sp³-hybridized carbons (Fsp3) is 0. The summed E-state index contributed by atoms with van der Waals surface area (Å²) in [6, 6.07) is 24.6. The Labute approximate surface area is 172 Å². The van der Waals surface area contributed by atoms with Crippen molar-refractivity contribution in [1.29, 1.82) is 0 Å². The molecule has 0 aliphatic rings. The summed E-state index contributed by atoms with van der Waals surface area (Å²) < 4.78 is 0. The highest BCUT2D eigenvalue weighted by Crippen LogP contribution is 2.22. The Balaban J connectivity index is 1.70. The molecule has 0 heterocycles. The second-order valence-electron chi connectivity index (χ2n) is 6.45. The second kappa shape index (κ2) is 7.59. The van der Waals surface area contributed by atoms with Gasteiger partial charge in [0.2, 0.25) is 0 Å². The quantitative estimate of drug-likeness (QED) is 0.358. The Hall–Kier alpha value is -2.94. The van der Waals surface area contributed by atoms with Gasteiger partial charge in [-0.2, -0.15) is 0 Å². The van der Waals surface area contributed by atoms with Crippen molar-refractivity contribution < 1.29 is 9.59 Å². The van der Waals surface area contributed by atoms with Gasteiger partial charge in [0, 0.05) is 32.3 Å². The molecule has 4 rings (SSSR count). The molecule has 0 amide bonds. The van der Waals surface area contributed by atoms with Crippen LogP contribution in [0.4, 0.5) is 0 Å². The number of carbonyl (C=O) groups is 2. The van der Waals surface area contributed by atoms with Gasteiger partial charge in [0.1, 0.15) is 0 Å². The highest BCUT2D eigenvalue weighted by atomic mass is 35.5. The Morgan fingerprint density at radius 2 is 0.821 bits per heavy atom. The van der Waals surface area contributed by atoms with Gasteiger partial charge in [-0.25, -0.2) is 0 Å². The molecule has 0 N–H and O–H groups in total. The lowest BCUT2D eigenvalue weighted by Gasteiger charge is -2.07. The van der Waals surface area contributed by atoms with E-state index in [1.165, 1.54) is 0 Å². The molecule has 0 aliphatic heterocycles. The third-order valence-corrected chi connectivity index (χ3v) is 5.08. The molecule has 0 aliphatic carbocycles. The molecular formula is C24H14Cl2O2. The zero-order chi connectivity index (χ0) is 19.7. The maximum absolute atomic E-state index is 12.8. The number of benzene rings is 4. The number of carbonyl (C=O) groups excluding carboxylic acids is 2. The number of hydrogen-bond acceptors (Lipinski definition) is 2. The SMILES string of the molecule is O=C(c1ccc(Cl)cc1)c1ccc2ccc(C(=O)c3ccc(Cl)cc3)cc2c1. The molecule has 0 saturated carbocycles. The summed E-state index contributed by atoms with van der Waals surface area (Å²) in [5.74, 6) is -0.180. The van der Waals surface area contributed by atoms with Gasteiger partial charge < -0.3 is 0 Å². The van der Waals surface area contributed by atoms with Crippen molar-refractivity contribution in [1.82, 2.24) is 0 Å². The Morgan fingerprint density at radius 1 is 0.464 bits per heavy atom. The van der Waals surface area contributed by atoms with E-state index in [9.17, 15) is 9.59 Å². The molecule has 0 radical (unpaired) electrons. The van der Waals surface area contributed by atoms with E-state index >= 15 is 0 Å². The lowest BCUT2D eigenvalue weighted by molar-refractivity contribution is 0.103. The van der Waals surface area contributed by atoms with Crippen LogP contribution in [0, 0.1) is 0 Å². The molecule has 4 aromatic carbocycles. The summed E-state index contributed by atoms with van der Waals surface area (Å²) in [4.78, 5) is 25.5. The number of ketones is 2. The van der Waals surface area contributed by atoms with Gasteiger partial charge >= 0.3 is 0 Å². The van der Waals surface area contributed by atoms with Crippen LogP contribution < -0.4 is 0 Å². The van der Waals surface area contributed by atoms with Gasteiger partial charge in [0.25, 0.3) is 0 Å². The summed E-state index contributed by atoms with van der Waals surface area (Å²) >= 11 is 11.8. The third kappa shape index (κ3) is 3.70. The molecule has 4 heteroatoms. The molecule has 0 fully saturated rings. The highest BCUT2D eigenvalue weighted by molar-refractivity contribution is 6.31. The number of halogens is 2. The van der Waals surface area contributed by atoms with Crippen LogP contribution in [-0.2, 0) is 0 Å². The molecule has 0 atom stereocenters. The van der Waals surface area contributed by atoms with Crippen molar-refractivity contribution in [3.05, 3.63) is 117 Å². The zero-order valence-electron chi connectivity index (χ0n) is 14.7. The van der Waals surface area contributed by atoms with E-state index in [4.69, 9.17) is 23.2 Å². The minimum atomic E-state index is -0.0898. The van der Waals surface area contributed by atoms with Crippen molar-refractivity contribution in [2.75, 3.05) is 0 Å². The molecule has 0 spiro atoms. The first kappa shape index (κ1) is 18.4. The van der Waals surface area contributed by atoms with Crippen LogP contribution in [-0.4, -0.2) is 11.6 Å². The number of rotatable bonds is 4. The van der Waals surface area contributed by atoms with Gasteiger partial charge in [-0.3, -0.25) is 9.59 Å². The maximum atomic E-state index is 12.8. The third-order valence-electron chi connectivity index (χ3n) is 4.58. The minimum Gasteiger partial charge on any atom is -0.289 e. The largest absolute Gasteiger partial charge is 0.289 e. The predicted octanol–water partition coefficient (Wildman–Crippen LogP) is 6.61. The summed E-state index contributed by atoms with van der Waals surface area (Å²) in [5, 5.41) is 2.96. The van der Waals surface area contributed by atoms with Crippen molar-refractivity contribution >= 4 is 45.5 Å². The van der Waals surface area contributed by atoms with Gasteiger partial charge in [0.05, 0.1) is 0 Å². The van der Waals surface area contributed by atoms with Crippen molar-refractivity contribution in [3.63, 3.8) is 0 Å². The highest BCUT2D eigenvalue weighted by Gasteiger charge is 2.12. The summed E-state index contributed by atoms with van der Waals surface area (Å²) in [6.45, 7) is 0. The molecule has 0 aromatic heterocycles. The number of hydrogen-bond donors (Lipinski definition) is 0. The van der Waals surface area contributed by atoms with E-state index in [1.807, 2.05) is 24.3 Å². The van der Waals surface area contributed by atoms with Crippen LogP contribution >= 0.6 is 23.2 Å². The standard InChI is InChI=1S/C24H14Cl2O2/c25-21-9-5-16(6-10-21)23(27)18-3-1-15-2-4-19(14-20(15)13-18)24(28)17-7-11-22(26)12-8-17/h1-14H. The van der Waals surface area contributed by atoms with Crippen LogP contribution in [0.3, 0.4) is 0 Å². The molecule has 136 valence electrons. The average Bonchev–Trinajstić information content (AvgIpc) is 2.73. The van der Waals surface area contributed by atoms with Gasteiger partial charge in [-0.1, -0.05) is 47.5 Å². The normalized spacial score (nSPS) is 10.8. The predicted molar refractivity (Wildman–Crippen MR) is 114 cm³/mol. The molecule has 28 heavy (non-hydrogen) atoms. The maximum Gasteiger partial charge on any atom is 0.193 e. The first-order valence-corrected chi connectivity index (χ1v) is 9.41. The Morgan fingerprint density at radius 3 is 1.21 bits per heavy atom. The average molecular weight is 405 g/mol. The van der Waals surface area contributed by atoms with Crippen LogP contribution in [0.15, 0.2) is 84.9 Å². The summed E-state index contributed by atoms with van der Waals surface area (Å²) in [5.41, 5.74) is 2.26. The Bertz CT molecular complexity index is 1100. The first-order chi connectivity index (χ1) is 13.5. The van der Waals surface area contributed by atoms with Crippen LogP contribution in [0.5, 0.6) is 0 Å². The van der Waals surface area contributed by atoms with Crippen molar-refractivity contribution in [3.8, 4) is 0 Å². The van der Waals surface area contributed by atoms with E-state index in [0.29, 0.717) is 32.3 Å². The van der Waals surface area contributed by atoms with E-state index in [0.717, 1.165) is 10.8 Å². The van der Waals surface area contributed by atoms with E-state index < -0.39 is 0 Å². The van der Waals surface area contributed by atoms with E-state index in [2.05, 4.69) is 0 Å². The van der Waals surface area contributed by atoms with Crippen LogP contribution in [0.1, 0.15) is 31.8 Å². The smallest absolute Gasteiger partial charge is 0.193 e. The van der Waals surface area contributed by atoms with Crippen LogP contribution in [0.2, 0.25) is 10.0 Å². The lowest BCUT2D eigenvalue weighted by Crippen LogP contribution is -2.02. The monoisotopic (exact) mass is 404 g/mol. The van der Waals surface area contributed by atoms with E-state index in [1.54, 1.807) is 60.7 Å². The lowest BCUT2D eigenvalue weighted by atomic mass is 9.96. The van der Waals surface area contributed by atoms with Crippen molar-refractivity contribution in [2.45, 2.75) is 0 Å². The fourth-order valence-electron chi connectivity index (χ4n) is 3.07. The topological polar surface area (TPSA) is 34.1 Å². The molecule has 0 bridgehead atoms. The molecule has 0 saturated heterocycles. The summed E-state index contributed by atoms with van der Waals surface area (Å²) in [6.07, 6.45) is 0. The molecule has 4 aromatic rings. The van der Waals surface area contributed by atoms with Gasteiger partial charge in [0.15, 0.2) is 11.6 Å². The fourth-order valence-corrected chi connectivity index (χ4v) is 3.32. The number of fused-ring (bicyclic) bond motifs is 1. The second-order valence-corrected chi connectivity index (χ2v) is 7.32. The molecule has 2 nitrogen and oxygen atoms in total. The Kier molecular flexibility index (Phi) is 4.99. The van der Waals surface area contributed by atoms with E-state index in [-0.39, 0.29) is 11.6 Å². The van der Waals surface area contributed by atoms with Crippen molar-refractivity contribution in [2.24, 2.45) is 0 Å². The molecule has 0 unspecified atom stereocenters.